The van der Waals surface area contributed by atoms with Crippen LogP contribution < -0.4 is 4.72 Å². The molecule has 1 unspecified atom stereocenters. The molecule has 0 spiro atoms. The lowest BCUT2D eigenvalue weighted by atomic mass is 9.95. The average Bonchev–Trinajstić information content (AvgIpc) is 2.54. The molecular weight excluding hydrogens is 324 g/mol. The van der Waals surface area contributed by atoms with Gasteiger partial charge < -0.3 is 4.90 Å². The fourth-order valence-electron chi connectivity index (χ4n) is 2.90. The summed E-state index contributed by atoms with van der Waals surface area (Å²) in [6.07, 6.45) is 0.716. The normalized spacial score (nSPS) is 17.2. The van der Waals surface area contributed by atoms with Crippen LogP contribution in [0.4, 0.5) is 4.79 Å². The van der Waals surface area contributed by atoms with Crippen molar-refractivity contribution < 1.29 is 13.2 Å². The molecule has 0 saturated carbocycles. The standard InChI is InChI=1S/C18H20N2O3S/c1-13-7-9-17(10-8-13)24(22,23)19-18(21)20-12-16-6-4-3-5-15(16)11-14(20)2/h3-10,14H,11-12H2,1-2H3,(H,19,21). The van der Waals surface area contributed by atoms with Crippen LogP contribution in [-0.4, -0.2) is 25.4 Å². The van der Waals surface area contributed by atoms with Gasteiger partial charge in [0, 0.05) is 12.6 Å². The summed E-state index contributed by atoms with van der Waals surface area (Å²) in [7, 11) is -3.87. The predicted octanol–water partition coefficient (Wildman–Crippen LogP) is 2.84. The first kappa shape index (κ1) is 16.5. The first-order chi connectivity index (χ1) is 11.4. The lowest BCUT2D eigenvalue weighted by Crippen LogP contribution is -2.49. The maximum Gasteiger partial charge on any atom is 0.331 e. The second kappa shape index (κ2) is 6.28. The third-order valence-corrected chi connectivity index (χ3v) is 5.66. The van der Waals surface area contributed by atoms with E-state index in [2.05, 4.69) is 4.72 Å². The third-order valence-electron chi connectivity index (χ3n) is 4.32. The van der Waals surface area contributed by atoms with Crippen molar-refractivity contribution in [3.63, 3.8) is 0 Å². The van der Waals surface area contributed by atoms with Gasteiger partial charge in [-0.25, -0.2) is 17.9 Å². The van der Waals surface area contributed by atoms with E-state index in [-0.39, 0.29) is 10.9 Å². The second-order valence-electron chi connectivity index (χ2n) is 6.17. The Hall–Kier alpha value is -2.34. The zero-order valence-corrected chi connectivity index (χ0v) is 14.5. The van der Waals surface area contributed by atoms with E-state index in [1.807, 2.05) is 38.1 Å². The van der Waals surface area contributed by atoms with E-state index in [0.717, 1.165) is 11.1 Å². The summed E-state index contributed by atoms with van der Waals surface area (Å²) in [5.41, 5.74) is 3.22. The van der Waals surface area contributed by atoms with Gasteiger partial charge in [0.25, 0.3) is 10.0 Å². The van der Waals surface area contributed by atoms with Crippen molar-refractivity contribution >= 4 is 16.1 Å². The molecule has 1 N–H and O–H groups in total. The Bertz CT molecular complexity index is 860. The van der Waals surface area contributed by atoms with Crippen molar-refractivity contribution in [3.05, 3.63) is 65.2 Å². The van der Waals surface area contributed by atoms with E-state index < -0.39 is 16.1 Å². The number of nitrogens with zero attached hydrogens (tertiary/aromatic N) is 1. The van der Waals surface area contributed by atoms with E-state index in [4.69, 9.17) is 0 Å². The number of aryl methyl sites for hydroxylation is 1. The van der Waals surface area contributed by atoms with Crippen molar-refractivity contribution in [3.8, 4) is 0 Å². The van der Waals surface area contributed by atoms with Crippen LogP contribution in [0.5, 0.6) is 0 Å². The lowest BCUT2D eigenvalue weighted by Gasteiger charge is -2.34. The van der Waals surface area contributed by atoms with Crippen molar-refractivity contribution in [2.75, 3.05) is 0 Å². The van der Waals surface area contributed by atoms with Crippen molar-refractivity contribution in [1.82, 2.24) is 9.62 Å². The highest BCUT2D eigenvalue weighted by molar-refractivity contribution is 7.90. The SMILES string of the molecule is Cc1ccc(S(=O)(=O)NC(=O)N2Cc3ccccc3CC2C)cc1. The maximum absolute atomic E-state index is 12.5. The van der Waals surface area contributed by atoms with Gasteiger partial charge in [-0.3, -0.25) is 0 Å². The van der Waals surface area contributed by atoms with Gasteiger partial charge in [0.1, 0.15) is 0 Å². The largest absolute Gasteiger partial charge is 0.331 e. The number of rotatable bonds is 2. The fourth-order valence-corrected chi connectivity index (χ4v) is 3.86. The van der Waals surface area contributed by atoms with E-state index in [0.29, 0.717) is 13.0 Å². The van der Waals surface area contributed by atoms with Crippen molar-refractivity contribution in [1.29, 1.82) is 0 Å². The lowest BCUT2D eigenvalue weighted by molar-refractivity contribution is 0.174. The number of urea groups is 1. The molecular formula is C18H20N2O3S. The van der Waals surface area contributed by atoms with Crippen LogP contribution in [0, 0.1) is 6.92 Å². The summed E-state index contributed by atoms with van der Waals surface area (Å²) >= 11 is 0. The second-order valence-corrected chi connectivity index (χ2v) is 7.86. The topological polar surface area (TPSA) is 66.5 Å². The highest BCUT2D eigenvalue weighted by atomic mass is 32.2. The van der Waals surface area contributed by atoms with Gasteiger partial charge in [0.15, 0.2) is 0 Å². The molecule has 0 fully saturated rings. The summed E-state index contributed by atoms with van der Waals surface area (Å²) in [4.78, 5) is 14.2. The van der Waals surface area contributed by atoms with Gasteiger partial charge in [-0.1, -0.05) is 42.0 Å². The van der Waals surface area contributed by atoms with Crippen LogP contribution in [-0.2, 0) is 23.0 Å². The number of hydrogen-bond donors (Lipinski definition) is 1. The summed E-state index contributed by atoms with van der Waals surface area (Å²) in [5, 5.41) is 0. The van der Waals surface area contributed by atoms with Gasteiger partial charge in [-0.2, -0.15) is 0 Å². The Kier molecular flexibility index (Phi) is 4.32. The van der Waals surface area contributed by atoms with Gasteiger partial charge in [-0.15, -0.1) is 0 Å². The van der Waals surface area contributed by atoms with Crippen LogP contribution in [0.1, 0.15) is 23.6 Å². The number of carbonyl (C=O) groups is 1. The number of hydrogen-bond acceptors (Lipinski definition) is 3. The Morgan fingerprint density at radius 3 is 2.38 bits per heavy atom. The maximum atomic E-state index is 12.5. The summed E-state index contributed by atoms with van der Waals surface area (Å²) in [6.45, 7) is 4.21. The number of nitrogens with one attached hydrogen (secondary N) is 1. The highest BCUT2D eigenvalue weighted by Crippen LogP contribution is 2.23. The molecule has 2 aromatic carbocycles. The Balaban J connectivity index is 1.78. The molecule has 5 nitrogen and oxygen atoms in total. The molecule has 0 aliphatic carbocycles. The molecule has 0 radical (unpaired) electrons. The number of carbonyl (C=O) groups excluding carboxylic acids is 1. The summed E-state index contributed by atoms with van der Waals surface area (Å²) in [5.74, 6) is 0. The minimum Gasteiger partial charge on any atom is -0.317 e. The monoisotopic (exact) mass is 344 g/mol. The minimum atomic E-state index is -3.87. The molecule has 6 heteroatoms. The van der Waals surface area contributed by atoms with Crippen LogP contribution in [0.25, 0.3) is 0 Å². The molecule has 1 aliphatic heterocycles. The van der Waals surface area contributed by atoms with Crippen LogP contribution in [0.15, 0.2) is 53.4 Å². The van der Waals surface area contributed by atoms with Gasteiger partial charge in [0.2, 0.25) is 0 Å². The van der Waals surface area contributed by atoms with Crippen LogP contribution in [0.3, 0.4) is 0 Å². The molecule has 2 amide bonds. The molecule has 24 heavy (non-hydrogen) atoms. The van der Waals surface area contributed by atoms with Gasteiger partial charge >= 0.3 is 6.03 Å². The van der Waals surface area contributed by atoms with E-state index in [1.165, 1.54) is 17.7 Å². The van der Waals surface area contributed by atoms with Gasteiger partial charge in [0.05, 0.1) is 4.90 Å². The number of fused-ring (bicyclic) bond motifs is 1. The Morgan fingerprint density at radius 1 is 1.08 bits per heavy atom. The fraction of sp³-hybridized carbons (Fsp3) is 0.278. The number of sulfonamides is 1. The highest BCUT2D eigenvalue weighted by Gasteiger charge is 2.29. The summed E-state index contributed by atoms with van der Waals surface area (Å²) < 4.78 is 27.0. The number of amides is 2. The molecule has 126 valence electrons. The molecule has 0 saturated heterocycles. The third kappa shape index (κ3) is 3.28. The molecule has 3 rings (SSSR count). The van der Waals surface area contributed by atoms with E-state index in [9.17, 15) is 13.2 Å². The molecule has 0 bridgehead atoms. The Morgan fingerprint density at radius 2 is 1.71 bits per heavy atom. The minimum absolute atomic E-state index is 0.0619. The Labute approximate surface area is 142 Å². The smallest absolute Gasteiger partial charge is 0.317 e. The first-order valence-electron chi connectivity index (χ1n) is 7.84. The molecule has 1 heterocycles. The molecule has 1 aliphatic rings. The molecule has 1 atom stereocenters. The van der Waals surface area contributed by atoms with Crippen molar-refractivity contribution in [2.45, 2.75) is 37.8 Å². The average molecular weight is 344 g/mol. The summed E-state index contributed by atoms with van der Waals surface area (Å²) in [6, 6.07) is 13.7. The van der Waals surface area contributed by atoms with E-state index >= 15 is 0 Å². The van der Waals surface area contributed by atoms with Crippen LogP contribution >= 0.6 is 0 Å². The van der Waals surface area contributed by atoms with Gasteiger partial charge in [-0.05, 0) is 43.5 Å². The van der Waals surface area contributed by atoms with E-state index in [1.54, 1.807) is 17.0 Å². The molecule has 2 aromatic rings. The predicted molar refractivity (Wildman–Crippen MR) is 92.0 cm³/mol. The van der Waals surface area contributed by atoms with Crippen LogP contribution in [0.2, 0.25) is 0 Å². The first-order valence-corrected chi connectivity index (χ1v) is 9.32. The molecule has 0 aromatic heterocycles. The zero-order chi connectivity index (χ0) is 17.3. The zero-order valence-electron chi connectivity index (χ0n) is 13.7. The number of benzene rings is 2. The van der Waals surface area contributed by atoms with Crippen molar-refractivity contribution in [2.24, 2.45) is 0 Å². The quantitative estimate of drug-likeness (QED) is 0.911.